The Kier molecular flexibility index (Phi) is 10.6. The average molecular weight is 430 g/mol. The fourth-order valence-electron chi connectivity index (χ4n) is 6.24. The van der Waals surface area contributed by atoms with E-state index in [0.29, 0.717) is 11.5 Å². The normalized spacial score (nSPS) is 35.5. The van der Waals surface area contributed by atoms with Gasteiger partial charge in [0.1, 0.15) is 0 Å². The van der Waals surface area contributed by atoms with E-state index in [4.69, 9.17) is 5.73 Å². The van der Waals surface area contributed by atoms with E-state index in [1.807, 2.05) is 0 Å². The molecule has 6 atom stereocenters. The van der Waals surface area contributed by atoms with Crippen LogP contribution in [0.5, 0.6) is 0 Å². The molecule has 0 radical (unpaired) electrons. The van der Waals surface area contributed by atoms with Crippen LogP contribution < -0.4 is 5.73 Å². The van der Waals surface area contributed by atoms with Crippen molar-refractivity contribution in [1.29, 1.82) is 0 Å². The number of fused-ring (bicyclic) bond motifs is 1. The molecule has 0 aliphatic heterocycles. The Morgan fingerprint density at radius 3 is 2.48 bits per heavy atom. The Bertz CT molecular complexity index is 631. The molecule has 178 valence electrons. The lowest BCUT2D eigenvalue weighted by molar-refractivity contribution is 0.116. The summed E-state index contributed by atoms with van der Waals surface area (Å²) in [6, 6.07) is 0.335. The van der Waals surface area contributed by atoms with Crippen LogP contribution in [0.15, 0.2) is 35.5 Å². The zero-order chi connectivity index (χ0) is 23.0. The molecule has 2 nitrogen and oxygen atoms in total. The number of nitrogens with two attached hydrogens (primary N) is 1. The molecular weight excluding hydrogens is 378 g/mol. The van der Waals surface area contributed by atoms with Crippen molar-refractivity contribution in [3.05, 3.63) is 35.5 Å². The van der Waals surface area contributed by atoms with E-state index < -0.39 is 0 Å². The van der Waals surface area contributed by atoms with Gasteiger partial charge in [-0.1, -0.05) is 64.0 Å². The average Bonchev–Trinajstić information content (AvgIpc) is 3.04. The van der Waals surface area contributed by atoms with Gasteiger partial charge in [0.25, 0.3) is 0 Å². The van der Waals surface area contributed by atoms with Gasteiger partial charge in [0, 0.05) is 6.04 Å². The van der Waals surface area contributed by atoms with Crippen LogP contribution in [0, 0.1) is 23.2 Å². The van der Waals surface area contributed by atoms with Gasteiger partial charge in [0.2, 0.25) is 0 Å². The van der Waals surface area contributed by atoms with Crippen molar-refractivity contribution in [2.24, 2.45) is 28.9 Å². The second-order valence-electron chi connectivity index (χ2n) is 11.2. The molecule has 3 saturated carbocycles. The highest BCUT2D eigenvalue weighted by atomic mass is 16.3. The highest BCUT2D eigenvalue weighted by Crippen LogP contribution is 2.59. The first-order valence-corrected chi connectivity index (χ1v) is 13.2. The van der Waals surface area contributed by atoms with Gasteiger partial charge >= 0.3 is 0 Å². The molecule has 0 aromatic heterocycles. The Hall–Kier alpha value is -0.860. The van der Waals surface area contributed by atoms with Crippen molar-refractivity contribution in [3.63, 3.8) is 0 Å². The standard InChI is InChI=1S/C26H43NO.C3H8/c1-18(7-9-20(3)27)16-23-13-14-24-22(6-5-15-26(23,24)4)12-11-21-10-8-19(2)25(28)17-21;1-3-2/h11-12,18,20,23-25,28H,2,5-10,13-17,27H2,1,3-4H3;3H2,1-2H3/b21-11-,22-12+;. The number of hydrogen-bond donors (Lipinski definition) is 2. The van der Waals surface area contributed by atoms with Gasteiger partial charge in [-0.15, -0.1) is 0 Å². The summed E-state index contributed by atoms with van der Waals surface area (Å²) >= 11 is 0. The van der Waals surface area contributed by atoms with E-state index in [1.165, 1.54) is 56.9 Å². The SMILES string of the molecule is C=C1CC/C(=C/C=C2\CCCC3(C)C(CC(C)CCC(C)N)CCC23)CC1O.CCC. The second-order valence-corrected chi connectivity index (χ2v) is 11.2. The highest BCUT2D eigenvalue weighted by Gasteiger charge is 2.49. The minimum Gasteiger partial charge on any atom is -0.388 e. The summed E-state index contributed by atoms with van der Waals surface area (Å²) in [5.41, 5.74) is 10.6. The van der Waals surface area contributed by atoms with Crippen LogP contribution in [0.1, 0.15) is 112 Å². The van der Waals surface area contributed by atoms with Crippen LogP contribution in [-0.4, -0.2) is 17.3 Å². The zero-order valence-corrected chi connectivity index (χ0v) is 21.3. The molecule has 0 heterocycles. The van der Waals surface area contributed by atoms with Crippen LogP contribution in [0.25, 0.3) is 0 Å². The van der Waals surface area contributed by atoms with Gasteiger partial charge in [-0.2, -0.15) is 0 Å². The van der Waals surface area contributed by atoms with E-state index in [-0.39, 0.29) is 6.10 Å². The van der Waals surface area contributed by atoms with Gasteiger partial charge in [0.05, 0.1) is 6.10 Å². The smallest absolute Gasteiger partial charge is 0.0784 e. The molecule has 2 heteroatoms. The van der Waals surface area contributed by atoms with E-state index in [9.17, 15) is 5.11 Å². The third kappa shape index (κ3) is 7.32. The van der Waals surface area contributed by atoms with Crippen LogP contribution >= 0.6 is 0 Å². The number of allylic oxidation sites excluding steroid dienone is 3. The molecule has 3 N–H and O–H groups in total. The number of hydrogen-bond acceptors (Lipinski definition) is 2. The lowest BCUT2D eigenvalue weighted by Crippen LogP contribution is -2.34. The lowest BCUT2D eigenvalue weighted by Gasteiger charge is -2.43. The maximum atomic E-state index is 10.1. The molecule has 6 unspecified atom stereocenters. The summed E-state index contributed by atoms with van der Waals surface area (Å²) in [4.78, 5) is 0. The molecular formula is C29H51NO. The molecule has 3 aliphatic carbocycles. The first kappa shape index (κ1) is 26.4. The minimum absolute atomic E-state index is 0.330. The van der Waals surface area contributed by atoms with Crippen LogP contribution in [0.3, 0.4) is 0 Å². The van der Waals surface area contributed by atoms with Crippen molar-refractivity contribution in [1.82, 2.24) is 0 Å². The lowest BCUT2D eigenvalue weighted by atomic mass is 9.62. The monoisotopic (exact) mass is 429 g/mol. The maximum absolute atomic E-state index is 10.1. The second kappa shape index (κ2) is 12.4. The van der Waals surface area contributed by atoms with Gasteiger partial charge in [-0.05, 0) is 106 Å². The van der Waals surface area contributed by atoms with Crippen molar-refractivity contribution in [3.8, 4) is 0 Å². The predicted molar refractivity (Wildman–Crippen MR) is 136 cm³/mol. The van der Waals surface area contributed by atoms with Crippen molar-refractivity contribution in [2.75, 3.05) is 0 Å². The fourth-order valence-corrected chi connectivity index (χ4v) is 6.24. The van der Waals surface area contributed by atoms with Gasteiger partial charge < -0.3 is 10.8 Å². The Morgan fingerprint density at radius 1 is 1.13 bits per heavy atom. The fraction of sp³-hybridized carbons (Fsp3) is 0.793. The maximum Gasteiger partial charge on any atom is 0.0784 e. The van der Waals surface area contributed by atoms with Crippen molar-refractivity contribution >= 4 is 0 Å². The topological polar surface area (TPSA) is 46.2 Å². The molecule has 0 saturated heterocycles. The summed E-state index contributed by atoms with van der Waals surface area (Å²) in [6.45, 7) is 15.4. The van der Waals surface area contributed by atoms with Gasteiger partial charge in [-0.3, -0.25) is 0 Å². The van der Waals surface area contributed by atoms with Crippen LogP contribution in [0.4, 0.5) is 0 Å². The Morgan fingerprint density at radius 2 is 1.84 bits per heavy atom. The summed E-state index contributed by atoms with van der Waals surface area (Å²) in [5.74, 6) is 2.43. The number of rotatable bonds is 6. The highest BCUT2D eigenvalue weighted by molar-refractivity contribution is 5.27. The summed E-state index contributed by atoms with van der Waals surface area (Å²) in [6.07, 6.45) is 19.1. The third-order valence-corrected chi connectivity index (χ3v) is 8.19. The van der Waals surface area contributed by atoms with Crippen LogP contribution in [-0.2, 0) is 0 Å². The molecule has 3 aliphatic rings. The molecule has 31 heavy (non-hydrogen) atoms. The van der Waals surface area contributed by atoms with E-state index >= 15 is 0 Å². The zero-order valence-electron chi connectivity index (χ0n) is 21.3. The van der Waals surface area contributed by atoms with Gasteiger partial charge in [0.15, 0.2) is 0 Å². The summed E-state index contributed by atoms with van der Waals surface area (Å²) in [7, 11) is 0. The Balaban J connectivity index is 0.00000107. The molecule has 3 fully saturated rings. The molecule has 0 aromatic rings. The van der Waals surface area contributed by atoms with E-state index in [0.717, 1.165) is 49.0 Å². The van der Waals surface area contributed by atoms with Gasteiger partial charge in [-0.25, -0.2) is 0 Å². The number of aliphatic hydroxyl groups excluding tert-OH is 1. The quantitative estimate of drug-likeness (QED) is 0.424. The molecule has 0 aromatic carbocycles. The van der Waals surface area contributed by atoms with Crippen LogP contribution in [0.2, 0.25) is 0 Å². The summed E-state index contributed by atoms with van der Waals surface area (Å²) < 4.78 is 0. The Labute approximate surface area is 193 Å². The largest absolute Gasteiger partial charge is 0.388 e. The first-order chi connectivity index (χ1) is 14.7. The van der Waals surface area contributed by atoms with Crippen molar-refractivity contribution in [2.45, 2.75) is 124 Å². The molecule has 0 bridgehead atoms. The predicted octanol–water partition coefficient (Wildman–Crippen LogP) is 7.73. The minimum atomic E-state index is -0.330. The van der Waals surface area contributed by atoms with Crippen molar-refractivity contribution < 1.29 is 5.11 Å². The third-order valence-electron chi connectivity index (χ3n) is 8.19. The first-order valence-electron chi connectivity index (χ1n) is 13.2. The molecule has 0 spiro atoms. The van der Waals surface area contributed by atoms with E-state index in [2.05, 4.69) is 53.3 Å². The summed E-state index contributed by atoms with van der Waals surface area (Å²) in [5, 5.41) is 10.1. The molecule has 0 amide bonds. The molecule has 3 rings (SSSR count). The van der Waals surface area contributed by atoms with E-state index in [1.54, 1.807) is 5.57 Å². The number of aliphatic hydroxyl groups is 1.